The SMILES string of the molecule is COc1cccc(C(=O)OCC(=O)Nc2ccc([N+](=O)[O-])cc2C(F)(F)F)c1. The van der Waals surface area contributed by atoms with Gasteiger partial charge in [-0.1, -0.05) is 6.07 Å². The monoisotopic (exact) mass is 398 g/mol. The lowest BCUT2D eigenvalue weighted by Gasteiger charge is -2.13. The molecule has 1 amide bonds. The number of anilines is 1. The van der Waals surface area contributed by atoms with Gasteiger partial charge in [0.25, 0.3) is 11.6 Å². The van der Waals surface area contributed by atoms with Gasteiger partial charge in [-0.3, -0.25) is 14.9 Å². The van der Waals surface area contributed by atoms with Crippen LogP contribution in [0.5, 0.6) is 5.75 Å². The Morgan fingerprint density at radius 1 is 1.18 bits per heavy atom. The summed E-state index contributed by atoms with van der Waals surface area (Å²) in [4.78, 5) is 33.4. The van der Waals surface area contributed by atoms with Gasteiger partial charge in [0.05, 0.1) is 28.8 Å². The highest BCUT2D eigenvalue weighted by Crippen LogP contribution is 2.37. The number of halogens is 3. The van der Waals surface area contributed by atoms with Crippen molar-refractivity contribution in [1.29, 1.82) is 0 Å². The molecule has 0 bridgehead atoms. The minimum atomic E-state index is -4.94. The molecule has 11 heteroatoms. The third-order valence-corrected chi connectivity index (χ3v) is 3.43. The van der Waals surface area contributed by atoms with E-state index in [0.717, 1.165) is 12.1 Å². The molecule has 0 unspecified atom stereocenters. The number of ether oxygens (including phenoxy) is 2. The molecule has 0 heterocycles. The van der Waals surface area contributed by atoms with Gasteiger partial charge in [-0.15, -0.1) is 0 Å². The van der Waals surface area contributed by atoms with Crippen LogP contribution < -0.4 is 10.1 Å². The van der Waals surface area contributed by atoms with E-state index < -0.39 is 46.5 Å². The van der Waals surface area contributed by atoms with Crippen molar-refractivity contribution in [1.82, 2.24) is 0 Å². The number of rotatable bonds is 6. The Kier molecular flexibility index (Phi) is 6.18. The molecule has 0 atom stereocenters. The van der Waals surface area contributed by atoms with Crippen molar-refractivity contribution in [2.45, 2.75) is 6.18 Å². The van der Waals surface area contributed by atoms with Gasteiger partial charge >= 0.3 is 12.1 Å². The molecule has 148 valence electrons. The molecule has 2 aromatic rings. The van der Waals surface area contributed by atoms with Crippen molar-refractivity contribution in [3.63, 3.8) is 0 Å². The second kappa shape index (κ2) is 8.37. The summed E-state index contributed by atoms with van der Waals surface area (Å²) >= 11 is 0. The van der Waals surface area contributed by atoms with Crippen molar-refractivity contribution in [3.05, 3.63) is 63.7 Å². The van der Waals surface area contributed by atoms with Crippen molar-refractivity contribution in [2.24, 2.45) is 0 Å². The molecule has 2 rings (SSSR count). The van der Waals surface area contributed by atoms with Crippen LogP contribution in [0.1, 0.15) is 15.9 Å². The molecular formula is C17H13F3N2O6. The van der Waals surface area contributed by atoms with Crippen LogP contribution in [0.2, 0.25) is 0 Å². The maximum absolute atomic E-state index is 13.1. The second-order valence-electron chi connectivity index (χ2n) is 5.34. The molecular weight excluding hydrogens is 385 g/mol. The minimum absolute atomic E-state index is 0.0819. The lowest BCUT2D eigenvalue weighted by atomic mass is 10.1. The first-order chi connectivity index (χ1) is 13.1. The Balaban J connectivity index is 2.08. The summed E-state index contributed by atoms with van der Waals surface area (Å²) in [6.07, 6.45) is -4.94. The standard InChI is InChI=1S/C17H13F3N2O6/c1-27-12-4-2-3-10(7-12)16(24)28-9-15(23)21-14-6-5-11(22(25)26)8-13(14)17(18,19)20/h2-8H,9H2,1H3,(H,21,23). The zero-order valence-corrected chi connectivity index (χ0v) is 14.3. The van der Waals surface area contributed by atoms with Gasteiger partial charge in [0, 0.05) is 12.1 Å². The zero-order chi connectivity index (χ0) is 20.9. The van der Waals surface area contributed by atoms with Crippen LogP contribution >= 0.6 is 0 Å². The third-order valence-electron chi connectivity index (χ3n) is 3.43. The Morgan fingerprint density at radius 3 is 2.50 bits per heavy atom. The van der Waals surface area contributed by atoms with Crippen molar-refractivity contribution < 1.29 is 37.2 Å². The molecule has 8 nitrogen and oxygen atoms in total. The molecule has 0 aromatic heterocycles. The number of methoxy groups -OCH3 is 1. The number of nitro groups is 1. The quantitative estimate of drug-likeness (QED) is 0.454. The van der Waals surface area contributed by atoms with Crippen LogP contribution in [-0.2, 0) is 15.7 Å². The van der Waals surface area contributed by atoms with E-state index in [1.807, 2.05) is 5.32 Å². The van der Waals surface area contributed by atoms with Gasteiger partial charge in [-0.2, -0.15) is 13.2 Å². The molecule has 0 aliphatic rings. The predicted octanol–water partition coefficient (Wildman–Crippen LogP) is 3.42. The number of hydrogen-bond donors (Lipinski definition) is 1. The number of carbonyl (C=O) groups excluding carboxylic acids is 2. The fourth-order valence-electron chi connectivity index (χ4n) is 2.14. The fourth-order valence-corrected chi connectivity index (χ4v) is 2.14. The maximum Gasteiger partial charge on any atom is 0.418 e. The Labute approximate surface area is 156 Å². The largest absolute Gasteiger partial charge is 0.497 e. The van der Waals surface area contributed by atoms with Crippen LogP contribution in [0.25, 0.3) is 0 Å². The van der Waals surface area contributed by atoms with Crippen LogP contribution in [0.3, 0.4) is 0 Å². The number of nitrogens with one attached hydrogen (secondary N) is 1. The average Bonchev–Trinajstić information content (AvgIpc) is 2.65. The number of nitrogens with zero attached hydrogens (tertiary/aromatic N) is 1. The van der Waals surface area contributed by atoms with Crippen LogP contribution in [0, 0.1) is 10.1 Å². The van der Waals surface area contributed by atoms with Crippen molar-refractivity contribution >= 4 is 23.3 Å². The average molecular weight is 398 g/mol. The summed E-state index contributed by atoms with van der Waals surface area (Å²) in [5, 5.41) is 12.6. The number of esters is 1. The number of alkyl halides is 3. The van der Waals surface area contributed by atoms with Gasteiger partial charge in [0.1, 0.15) is 5.75 Å². The molecule has 0 aliphatic carbocycles. The zero-order valence-electron chi connectivity index (χ0n) is 14.3. The summed E-state index contributed by atoms with van der Waals surface area (Å²) in [5.74, 6) is -1.55. The number of benzene rings is 2. The highest BCUT2D eigenvalue weighted by molar-refractivity contribution is 5.96. The molecule has 28 heavy (non-hydrogen) atoms. The first-order valence-electron chi connectivity index (χ1n) is 7.58. The third kappa shape index (κ3) is 5.19. The van der Waals surface area contributed by atoms with E-state index in [0.29, 0.717) is 11.8 Å². The van der Waals surface area contributed by atoms with E-state index in [1.54, 1.807) is 6.07 Å². The predicted molar refractivity (Wildman–Crippen MR) is 90.0 cm³/mol. The summed E-state index contributed by atoms with van der Waals surface area (Å²) in [6, 6.07) is 7.73. The van der Waals surface area contributed by atoms with E-state index in [-0.39, 0.29) is 5.56 Å². The van der Waals surface area contributed by atoms with Gasteiger partial charge in [0.15, 0.2) is 6.61 Å². The number of carbonyl (C=O) groups is 2. The van der Waals surface area contributed by atoms with Crippen LogP contribution in [-0.4, -0.2) is 30.5 Å². The molecule has 0 radical (unpaired) electrons. The molecule has 2 aromatic carbocycles. The van der Waals surface area contributed by atoms with Gasteiger partial charge in [-0.05, 0) is 24.3 Å². The van der Waals surface area contributed by atoms with E-state index in [9.17, 15) is 32.9 Å². The number of amides is 1. The van der Waals surface area contributed by atoms with Crippen LogP contribution in [0.15, 0.2) is 42.5 Å². The molecule has 0 aliphatic heterocycles. The van der Waals surface area contributed by atoms with Crippen molar-refractivity contribution in [2.75, 3.05) is 19.0 Å². The van der Waals surface area contributed by atoms with Gasteiger partial charge < -0.3 is 14.8 Å². The van der Waals surface area contributed by atoms with Crippen molar-refractivity contribution in [3.8, 4) is 5.75 Å². The van der Waals surface area contributed by atoms with E-state index in [4.69, 9.17) is 9.47 Å². The lowest BCUT2D eigenvalue weighted by molar-refractivity contribution is -0.385. The summed E-state index contributed by atoms with van der Waals surface area (Å²) in [6.45, 7) is -0.857. The maximum atomic E-state index is 13.1. The summed E-state index contributed by atoms with van der Waals surface area (Å²) in [5.41, 5.74) is -2.79. The number of nitro benzene ring substituents is 1. The minimum Gasteiger partial charge on any atom is -0.497 e. The Morgan fingerprint density at radius 2 is 1.89 bits per heavy atom. The highest BCUT2D eigenvalue weighted by Gasteiger charge is 2.35. The first kappa shape index (κ1) is 20.7. The number of hydrogen-bond acceptors (Lipinski definition) is 6. The van der Waals surface area contributed by atoms with E-state index >= 15 is 0 Å². The smallest absolute Gasteiger partial charge is 0.418 e. The lowest BCUT2D eigenvalue weighted by Crippen LogP contribution is -2.23. The first-order valence-corrected chi connectivity index (χ1v) is 7.58. The molecule has 0 saturated carbocycles. The van der Waals surface area contributed by atoms with Gasteiger partial charge in [-0.25, -0.2) is 4.79 Å². The number of non-ortho nitro benzene ring substituents is 1. The Bertz CT molecular complexity index is 914. The Hall–Kier alpha value is -3.63. The molecule has 1 N–H and O–H groups in total. The van der Waals surface area contributed by atoms with Crippen LogP contribution in [0.4, 0.5) is 24.5 Å². The topological polar surface area (TPSA) is 108 Å². The van der Waals surface area contributed by atoms with E-state index in [2.05, 4.69) is 0 Å². The van der Waals surface area contributed by atoms with E-state index in [1.165, 1.54) is 25.3 Å². The summed E-state index contributed by atoms with van der Waals surface area (Å²) < 4.78 is 48.9. The molecule has 0 spiro atoms. The molecule has 0 saturated heterocycles. The summed E-state index contributed by atoms with van der Waals surface area (Å²) in [7, 11) is 1.39. The highest BCUT2D eigenvalue weighted by atomic mass is 19.4. The molecule has 0 fully saturated rings. The fraction of sp³-hybridized carbons (Fsp3) is 0.176. The normalized spacial score (nSPS) is 10.9. The van der Waals surface area contributed by atoms with Gasteiger partial charge in [0.2, 0.25) is 0 Å². The second-order valence-corrected chi connectivity index (χ2v) is 5.34.